The Bertz CT molecular complexity index is 309. The van der Waals surface area contributed by atoms with Crippen molar-refractivity contribution in [2.45, 2.75) is 26.3 Å². The maximum atomic E-state index is 10.6. The molecule has 4 nitrogen and oxygen atoms in total. The number of unbranched alkanes of at least 4 members (excludes halogenated alkanes) is 1. The van der Waals surface area contributed by atoms with E-state index >= 15 is 0 Å². The molecule has 15 heavy (non-hydrogen) atoms. The van der Waals surface area contributed by atoms with E-state index in [1.807, 2.05) is 0 Å². The number of aromatic carboxylic acids is 1. The van der Waals surface area contributed by atoms with Gasteiger partial charge in [-0.15, -0.1) is 0 Å². The Kier molecular flexibility index (Phi) is 4.77. The summed E-state index contributed by atoms with van der Waals surface area (Å²) in [4.78, 5) is 14.6. The van der Waals surface area contributed by atoms with Crippen LogP contribution < -0.4 is 5.32 Å². The van der Waals surface area contributed by atoms with Crippen LogP contribution in [0.5, 0.6) is 0 Å². The van der Waals surface area contributed by atoms with Crippen molar-refractivity contribution in [1.29, 1.82) is 0 Å². The second-order valence-corrected chi connectivity index (χ2v) is 3.37. The molecule has 1 aromatic heterocycles. The molecule has 0 aliphatic heterocycles. The average Bonchev–Trinajstić information content (AvgIpc) is 2.25. The van der Waals surface area contributed by atoms with Crippen molar-refractivity contribution in [1.82, 2.24) is 10.3 Å². The van der Waals surface area contributed by atoms with E-state index in [1.54, 1.807) is 12.1 Å². The lowest BCUT2D eigenvalue weighted by atomic mass is 10.2. The number of carboxylic acid groups (broad SMARTS) is 1. The fourth-order valence-corrected chi connectivity index (χ4v) is 1.17. The van der Waals surface area contributed by atoms with Crippen LogP contribution in [0.2, 0.25) is 0 Å². The Hall–Kier alpha value is -1.42. The van der Waals surface area contributed by atoms with E-state index in [2.05, 4.69) is 17.2 Å². The Morgan fingerprint density at radius 1 is 1.53 bits per heavy atom. The number of pyridine rings is 1. The van der Waals surface area contributed by atoms with Crippen molar-refractivity contribution >= 4 is 5.97 Å². The largest absolute Gasteiger partial charge is 0.478 e. The quantitative estimate of drug-likeness (QED) is 0.698. The third-order valence-electron chi connectivity index (χ3n) is 2.08. The first-order valence-corrected chi connectivity index (χ1v) is 5.13. The van der Waals surface area contributed by atoms with Gasteiger partial charge < -0.3 is 10.4 Å². The van der Waals surface area contributed by atoms with Crippen molar-refractivity contribution in [3.8, 4) is 0 Å². The van der Waals surface area contributed by atoms with Gasteiger partial charge in [0, 0.05) is 12.7 Å². The molecule has 0 saturated carbocycles. The molecule has 0 unspecified atom stereocenters. The number of carbonyl (C=O) groups is 1. The van der Waals surface area contributed by atoms with Crippen LogP contribution in [0, 0.1) is 0 Å². The maximum absolute atomic E-state index is 10.6. The van der Waals surface area contributed by atoms with E-state index in [1.165, 1.54) is 12.6 Å². The summed E-state index contributed by atoms with van der Waals surface area (Å²) in [6.07, 6.45) is 3.70. The topological polar surface area (TPSA) is 62.2 Å². The first-order chi connectivity index (χ1) is 7.24. The lowest BCUT2D eigenvalue weighted by Crippen LogP contribution is -2.15. The van der Waals surface area contributed by atoms with Gasteiger partial charge in [0.15, 0.2) is 0 Å². The van der Waals surface area contributed by atoms with E-state index in [0.29, 0.717) is 6.54 Å². The summed E-state index contributed by atoms with van der Waals surface area (Å²) in [5.74, 6) is -0.937. The molecule has 1 aromatic rings. The van der Waals surface area contributed by atoms with Gasteiger partial charge in [-0.2, -0.15) is 0 Å². The number of aromatic nitrogens is 1. The van der Waals surface area contributed by atoms with Gasteiger partial charge in [-0.3, -0.25) is 4.98 Å². The predicted octanol–water partition coefficient (Wildman–Crippen LogP) is 1.67. The van der Waals surface area contributed by atoms with E-state index in [0.717, 1.165) is 18.7 Å². The summed E-state index contributed by atoms with van der Waals surface area (Å²) in [6, 6.07) is 3.31. The lowest BCUT2D eigenvalue weighted by Gasteiger charge is -2.03. The minimum atomic E-state index is -0.937. The van der Waals surface area contributed by atoms with Crippen molar-refractivity contribution in [2.75, 3.05) is 6.54 Å². The number of nitrogens with zero attached hydrogens (tertiary/aromatic N) is 1. The van der Waals surface area contributed by atoms with Crippen LogP contribution in [0.3, 0.4) is 0 Å². The molecule has 1 heterocycles. The average molecular weight is 208 g/mol. The molecule has 0 amide bonds. The minimum Gasteiger partial charge on any atom is -0.478 e. The summed E-state index contributed by atoms with van der Waals surface area (Å²) < 4.78 is 0. The van der Waals surface area contributed by atoms with Crippen LogP contribution in [0.15, 0.2) is 18.3 Å². The lowest BCUT2D eigenvalue weighted by molar-refractivity contribution is 0.0696. The molecule has 1 rings (SSSR count). The molecule has 0 aromatic carbocycles. The third kappa shape index (κ3) is 4.08. The van der Waals surface area contributed by atoms with Crippen molar-refractivity contribution in [3.63, 3.8) is 0 Å². The van der Waals surface area contributed by atoms with Crippen LogP contribution in [-0.4, -0.2) is 22.6 Å². The zero-order valence-corrected chi connectivity index (χ0v) is 8.86. The summed E-state index contributed by atoms with van der Waals surface area (Å²) in [5, 5.41) is 11.9. The first-order valence-electron chi connectivity index (χ1n) is 5.13. The number of rotatable bonds is 6. The van der Waals surface area contributed by atoms with Gasteiger partial charge in [0.25, 0.3) is 0 Å². The second kappa shape index (κ2) is 6.14. The molecule has 0 radical (unpaired) electrons. The number of hydrogen-bond acceptors (Lipinski definition) is 3. The van der Waals surface area contributed by atoms with Crippen LogP contribution in [0.4, 0.5) is 0 Å². The van der Waals surface area contributed by atoms with Gasteiger partial charge in [-0.1, -0.05) is 13.3 Å². The molecule has 82 valence electrons. The first kappa shape index (κ1) is 11.7. The van der Waals surface area contributed by atoms with E-state index in [9.17, 15) is 4.79 Å². The van der Waals surface area contributed by atoms with Gasteiger partial charge >= 0.3 is 5.97 Å². The number of nitrogens with one attached hydrogen (secondary N) is 1. The Balaban J connectivity index is 2.39. The highest BCUT2D eigenvalue weighted by Gasteiger charge is 2.02. The SMILES string of the molecule is CCCCNCc1ccc(C(=O)O)cn1. The molecule has 0 aliphatic carbocycles. The second-order valence-electron chi connectivity index (χ2n) is 3.37. The Morgan fingerprint density at radius 3 is 2.87 bits per heavy atom. The third-order valence-corrected chi connectivity index (χ3v) is 2.08. The summed E-state index contributed by atoms with van der Waals surface area (Å²) in [5.41, 5.74) is 1.10. The molecule has 0 spiro atoms. The highest BCUT2D eigenvalue weighted by molar-refractivity contribution is 5.87. The summed E-state index contributed by atoms with van der Waals surface area (Å²) >= 11 is 0. The minimum absolute atomic E-state index is 0.229. The van der Waals surface area contributed by atoms with Gasteiger partial charge in [-0.05, 0) is 25.1 Å². The molecule has 0 bridgehead atoms. The normalized spacial score (nSPS) is 10.2. The molecule has 0 fully saturated rings. The molecule has 0 aliphatic rings. The van der Waals surface area contributed by atoms with Crippen LogP contribution >= 0.6 is 0 Å². The zero-order valence-electron chi connectivity index (χ0n) is 8.86. The Morgan fingerprint density at radius 2 is 2.33 bits per heavy atom. The highest BCUT2D eigenvalue weighted by Crippen LogP contribution is 2.00. The van der Waals surface area contributed by atoms with Gasteiger partial charge in [0.1, 0.15) is 0 Å². The smallest absolute Gasteiger partial charge is 0.337 e. The highest BCUT2D eigenvalue weighted by atomic mass is 16.4. The van der Waals surface area contributed by atoms with Gasteiger partial charge in [0.05, 0.1) is 11.3 Å². The Labute approximate surface area is 89.3 Å². The van der Waals surface area contributed by atoms with Gasteiger partial charge in [0.2, 0.25) is 0 Å². The van der Waals surface area contributed by atoms with Crippen molar-refractivity contribution < 1.29 is 9.90 Å². The van der Waals surface area contributed by atoms with Crippen LogP contribution in [0.25, 0.3) is 0 Å². The monoisotopic (exact) mass is 208 g/mol. The van der Waals surface area contributed by atoms with E-state index < -0.39 is 5.97 Å². The van der Waals surface area contributed by atoms with Crippen LogP contribution in [-0.2, 0) is 6.54 Å². The zero-order chi connectivity index (χ0) is 11.1. The predicted molar refractivity (Wildman–Crippen MR) is 57.8 cm³/mol. The summed E-state index contributed by atoms with van der Waals surface area (Å²) in [7, 11) is 0. The van der Waals surface area contributed by atoms with Gasteiger partial charge in [-0.25, -0.2) is 4.79 Å². The standard InChI is InChI=1S/C11H16N2O2/c1-2-3-6-12-8-10-5-4-9(7-13-10)11(14)15/h4-5,7,12H,2-3,6,8H2,1H3,(H,14,15). The van der Waals surface area contributed by atoms with Crippen molar-refractivity contribution in [2.24, 2.45) is 0 Å². The molecule has 4 heteroatoms. The fraction of sp³-hybridized carbons (Fsp3) is 0.455. The van der Waals surface area contributed by atoms with E-state index in [-0.39, 0.29) is 5.56 Å². The maximum Gasteiger partial charge on any atom is 0.337 e. The molecule has 0 atom stereocenters. The van der Waals surface area contributed by atoms with Crippen molar-refractivity contribution in [3.05, 3.63) is 29.6 Å². The number of hydrogen-bond donors (Lipinski definition) is 2. The number of carboxylic acids is 1. The summed E-state index contributed by atoms with van der Waals surface area (Å²) in [6.45, 7) is 3.81. The fourth-order valence-electron chi connectivity index (χ4n) is 1.17. The van der Waals surface area contributed by atoms with E-state index in [4.69, 9.17) is 5.11 Å². The van der Waals surface area contributed by atoms with Crippen LogP contribution in [0.1, 0.15) is 35.8 Å². The molecule has 2 N–H and O–H groups in total. The molecular formula is C11H16N2O2. The molecule has 0 saturated heterocycles. The molecular weight excluding hydrogens is 192 g/mol.